The third kappa shape index (κ3) is 4.54. The summed E-state index contributed by atoms with van der Waals surface area (Å²) in [5.74, 6) is -0.384. The van der Waals surface area contributed by atoms with Crippen LogP contribution in [0.4, 0.5) is 4.39 Å². The van der Waals surface area contributed by atoms with Crippen molar-refractivity contribution in [1.29, 1.82) is 0 Å². The predicted octanol–water partition coefficient (Wildman–Crippen LogP) is 2.60. The van der Waals surface area contributed by atoms with Crippen LogP contribution in [0.2, 0.25) is 0 Å². The Morgan fingerprint density at radius 2 is 1.74 bits per heavy atom. The van der Waals surface area contributed by atoms with Crippen LogP contribution in [0, 0.1) is 12.7 Å². The van der Waals surface area contributed by atoms with E-state index in [1.165, 1.54) is 10.4 Å². The molecule has 1 aliphatic heterocycles. The number of piperazine rings is 1. The highest BCUT2D eigenvalue weighted by atomic mass is 32.2. The van der Waals surface area contributed by atoms with Crippen molar-refractivity contribution in [3.05, 3.63) is 65.5 Å². The molecule has 7 heteroatoms. The van der Waals surface area contributed by atoms with Gasteiger partial charge in [-0.3, -0.25) is 4.79 Å². The van der Waals surface area contributed by atoms with Crippen LogP contribution >= 0.6 is 0 Å². The molecule has 0 aliphatic carbocycles. The highest BCUT2D eigenvalue weighted by molar-refractivity contribution is 7.89. The molecule has 0 radical (unpaired) electrons. The molecule has 144 valence electrons. The lowest BCUT2D eigenvalue weighted by Gasteiger charge is -2.34. The van der Waals surface area contributed by atoms with Gasteiger partial charge < -0.3 is 4.90 Å². The van der Waals surface area contributed by atoms with Gasteiger partial charge >= 0.3 is 0 Å². The number of carbonyl (C=O) groups excluding carboxylic acids is 1. The predicted molar refractivity (Wildman–Crippen MR) is 101 cm³/mol. The summed E-state index contributed by atoms with van der Waals surface area (Å²) in [6.45, 7) is 3.08. The fourth-order valence-electron chi connectivity index (χ4n) is 3.20. The molecule has 0 spiro atoms. The monoisotopic (exact) mass is 390 g/mol. The van der Waals surface area contributed by atoms with E-state index in [4.69, 9.17) is 0 Å². The number of carbonyl (C=O) groups is 1. The molecule has 1 amide bonds. The number of rotatable bonds is 5. The molecule has 0 atom stereocenters. The van der Waals surface area contributed by atoms with E-state index < -0.39 is 10.0 Å². The van der Waals surface area contributed by atoms with Crippen LogP contribution in [0.3, 0.4) is 0 Å². The Balaban J connectivity index is 1.57. The van der Waals surface area contributed by atoms with Gasteiger partial charge in [0, 0.05) is 32.6 Å². The minimum atomic E-state index is -3.55. The number of sulfonamides is 1. The fraction of sp³-hybridized carbons (Fsp3) is 0.350. The first-order chi connectivity index (χ1) is 12.9. The van der Waals surface area contributed by atoms with Crippen LogP contribution in [0.5, 0.6) is 0 Å². The van der Waals surface area contributed by atoms with Crippen molar-refractivity contribution in [2.24, 2.45) is 0 Å². The van der Waals surface area contributed by atoms with E-state index in [-0.39, 0.29) is 36.1 Å². The Bertz CT molecular complexity index is 922. The first kappa shape index (κ1) is 19.5. The molecular weight excluding hydrogens is 367 g/mol. The zero-order chi connectivity index (χ0) is 19.4. The molecule has 1 heterocycles. The minimum absolute atomic E-state index is 0.0779. The van der Waals surface area contributed by atoms with Crippen molar-refractivity contribution in [2.75, 3.05) is 26.2 Å². The van der Waals surface area contributed by atoms with Gasteiger partial charge in [0.1, 0.15) is 5.82 Å². The molecule has 1 fully saturated rings. The van der Waals surface area contributed by atoms with E-state index in [2.05, 4.69) is 0 Å². The second-order valence-corrected chi connectivity index (χ2v) is 8.63. The standard InChI is InChI=1S/C20H23FN2O3S/c1-16-5-4-7-18(15-16)27(25,26)23-13-11-22(12-14-23)20(24)10-9-17-6-2-3-8-19(17)21/h2-8,15H,9-14H2,1H3. The molecule has 2 aromatic carbocycles. The van der Waals surface area contributed by atoms with Gasteiger partial charge in [0.15, 0.2) is 0 Å². The third-order valence-electron chi connectivity index (χ3n) is 4.78. The summed E-state index contributed by atoms with van der Waals surface area (Å²) in [7, 11) is -3.55. The molecule has 0 N–H and O–H groups in total. The van der Waals surface area contributed by atoms with Crippen LogP contribution in [0.15, 0.2) is 53.4 Å². The third-order valence-corrected chi connectivity index (χ3v) is 6.68. The van der Waals surface area contributed by atoms with Crippen LogP contribution in [-0.2, 0) is 21.2 Å². The van der Waals surface area contributed by atoms with Gasteiger partial charge in [-0.1, -0.05) is 30.3 Å². The summed E-state index contributed by atoms with van der Waals surface area (Å²) in [6.07, 6.45) is 0.554. The Morgan fingerprint density at radius 1 is 1.04 bits per heavy atom. The van der Waals surface area contributed by atoms with E-state index in [0.29, 0.717) is 25.1 Å². The number of nitrogens with zero attached hydrogens (tertiary/aromatic N) is 2. The SMILES string of the molecule is Cc1cccc(S(=O)(=O)N2CCN(C(=O)CCc3ccccc3F)CC2)c1. The molecule has 1 saturated heterocycles. The number of aryl methyl sites for hydroxylation is 2. The van der Waals surface area contributed by atoms with Gasteiger partial charge in [-0.15, -0.1) is 0 Å². The lowest BCUT2D eigenvalue weighted by Crippen LogP contribution is -2.50. The zero-order valence-electron chi connectivity index (χ0n) is 15.3. The van der Waals surface area contributed by atoms with Crippen LogP contribution in [0.1, 0.15) is 17.5 Å². The molecule has 1 aliphatic rings. The topological polar surface area (TPSA) is 57.7 Å². The van der Waals surface area contributed by atoms with Gasteiger partial charge in [0.25, 0.3) is 0 Å². The van der Waals surface area contributed by atoms with E-state index in [1.54, 1.807) is 41.3 Å². The summed E-state index contributed by atoms with van der Waals surface area (Å²) in [5, 5.41) is 0. The minimum Gasteiger partial charge on any atom is -0.340 e. The van der Waals surface area contributed by atoms with Crippen molar-refractivity contribution in [2.45, 2.75) is 24.7 Å². The summed E-state index contributed by atoms with van der Waals surface area (Å²) < 4.78 is 40.6. The number of halogens is 1. The summed E-state index contributed by atoms with van der Waals surface area (Å²) >= 11 is 0. The van der Waals surface area contributed by atoms with E-state index in [9.17, 15) is 17.6 Å². The van der Waals surface area contributed by atoms with Crippen molar-refractivity contribution in [3.63, 3.8) is 0 Å². The maximum absolute atomic E-state index is 13.7. The largest absolute Gasteiger partial charge is 0.340 e. The lowest BCUT2D eigenvalue weighted by molar-refractivity contribution is -0.132. The second kappa shape index (κ2) is 8.19. The molecule has 0 aromatic heterocycles. The van der Waals surface area contributed by atoms with Crippen molar-refractivity contribution in [1.82, 2.24) is 9.21 Å². The second-order valence-electron chi connectivity index (χ2n) is 6.69. The zero-order valence-corrected chi connectivity index (χ0v) is 16.1. The molecule has 5 nitrogen and oxygen atoms in total. The van der Waals surface area contributed by atoms with Gasteiger partial charge in [0.05, 0.1) is 4.90 Å². The average Bonchev–Trinajstić information content (AvgIpc) is 2.67. The number of benzene rings is 2. The first-order valence-corrected chi connectivity index (χ1v) is 10.4. The Kier molecular flexibility index (Phi) is 5.92. The van der Waals surface area contributed by atoms with E-state index in [1.807, 2.05) is 13.0 Å². The summed E-state index contributed by atoms with van der Waals surface area (Å²) in [6, 6.07) is 13.3. The maximum atomic E-state index is 13.7. The highest BCUT2D eigenvalue weighted by Gasteiger charge is 2.30. The van der Waals surface area contributed by atoms with Gasteiger partial charge in [-0.05, 0) is 42.7 Å². The van der Waals surface area contributed by atoms with Crippen LogP contribution in [-0.4, -0.2) is 49.7 Å². The molecule has 2 aromatic rings. The smallest absolute Gasteiger partial charge is 0.243 e. The van der Waals surface area contributed by atoms with E-state index >= 15 is 0 Å². The van der Waals surface area contributed by atoms with E-state index in [0.717, 1.165) is 5.56 Å². The molecule has 3 rings (SSSR count). The van der Waals surface area contributed by atoms with Crippen LogP contribution < -0.4 is 0 Å². The fourth-order valence-corrected chi connectivity index (χ4v) is 4.73. The summed E-state index contributed by atoms with van der Waals surface area (Å²) in [5.41, 5.74) is 1.41. The van der Waals surface area contributed by atoms with Crippen molar-refractivity contribution < 1.29 is 17.6 Å². The number of hydrogen-bond donors (Lipinski definition) is 0. The van der Waals surface area contributed by atoms with Gasteiger partial charge in [-0.2, -0.15) is 4.31 Å². The van der Waals surface area contributed by atoms with Crippen LogP contribution in [0.25, 0.3) is 0 Å². The van der Waals surface area contributed by atoms with Crippen molar-refractivity contribution >= 4 is 15.9 Å². The highest BCUT2D eigenvalue weighted by Crippen LogP contribution is 2.19. The first-order valence-electron chi connectivity index (χ1n) is 8.96. The molecule has 0 saturated carbocycles. The molecular formula is C20H23FN2O3S. The van der Waals surface area contributed by atoms with Crippen molar-refractivity contribution in [3.8, 4) is 0 Å². The maximum Gasteiger partial charge on any atom is 0.243 e. The summed E-state index contributed by atoms with van der Waals surface area (Å²) in [4.78, 5) is 14.3. The Morgan fingerprint density at radius 3 is 2.41 bits per heavy atom. The molecule has 27 heavy (non-hydrogen) atoms. The molecule has 0 unspecified atom stereocenters. The van der Waals surface area contributed by atoms with Gasteiger partial charge in [-0.25, -0.2) is 12.8 Å². The normalized spacial score (nSPS) is 15.7. The average molecular weight is 390 g/mol. The molecule has 0 bridgehead atoms. The lowest BCUT2D eigenvalue weighted by atomic mass is 10.1. The quantitative estimate of drug-likeness (QED) is 0.789. The Labute approximate surface area is 159 Å². The number of hydrogen-bond acceptors (Lipinski definition) is 3. The van der Waals surface area contributed by atoms with Gasteiger partial charge in [0.2, 0.25) is 15.9 Å². The number of amides is 1. The Hall–Kier alpha value is -2.25.